The van der Waals surface area contributed by atoms with E-state index in [1.807, 2.05) is 0 Å². The van der Waals surface area contributed by atoms with Crippen molar-refractivity contribution in [2.24, 2.45) is 5.73 Å². The molecule has 4 rings (SSSR count). The molecule has 0 spiro atoms. The molecule has 158 valence electrons. The van der Waals surface area contributed by atoms with Gasteiger partial charge in [-0.3, -0.25) is 4.79 Å². The minimum absolute atomic E-state index is 0.00582. The first-order chi connectivity index (χ1) is 14.4. The minimum Gasteiger partial charge on any atom is -0.478 e. The van der Waals surface area contributed by atoms with Crippen LogP contribution in [0.3, 0.4) is 0 Å². The molecular weight excluding hydrogens is 386 g/mol. The van der Waals surface area contributed by atoms with Crippen molar-refractivity contribution >= 4 is 17.7 Å². The number of carboxylic acid groups (broad SMARTS) is 1. The number of fused-ring (bicyclic) bond motifs is 1. The fourth-order valence-electron chi connectivity index (χ4n) is 4.29. The molecule has 1 aromatic rings. The summed E-state index contributed by atoms with van der Waals surface area (Å²) in [7, 11) is 0. The lowest BCUT2D eigenvalue weighted by atomic mass is 9.84. The van der Waals surface area contributed by atoms with Crippen molar-refractivity contribution in [1.29, 1.82) is 0 Å². The Morgan fingerprint density at radius 1 is 1.27 bits per heavy atom. The average Bonchev–Trinajstić information content (AvgIpc) is 2.72. The quantitative estimate of drug-likeness (QED) is 0.564. The molecule has 2 unspecified atom stereocenters. The van der Waals surface area contributed by atoms with Crippen LogP contribution in [0.1, 0.15) is 32.6 Å². The summed E-state index contributed by atoms with van der Waals surface area (Å²) in [4.78, 5) is 32.6. The number of allylic oxidation sites excluding steroid dienone is 1. The van der Waals surface area contributed by atoms with Crippen LogP contribution in [-0.2, 0) is 14.3 Å². The molecule has 1 aliphatic heterocycles. The molecule has 2 heterocycles. The molecule has 1 aromatic heterocycles. The highest BCUT2D eigenvalue weighted by Gasteiger charge is 2.39. The summed E-state index contributed by atoms with van der Waals surface area (Å²) in [6.45, 7) is 1.66. The highest BCUT2D eigenvalue weighted by atomic mass is 16.5. The molecule has 0 bridgehead atoms. The number of rotatable bonds is 5. The maximum Gasteiger partial charge on any atom is 0.339 e. The molecule has 0 saturated heterocycles. The number of nitrogens with two attached hydrogens (primary N) is 1. The lowest BCUT2D eigenvalue weighted by Gasteiger charge is -2.37. The maximum atomic E-state index is 12.6. The number of nitrogens with one attached hydrogen (secondary N) is 2. The molecule has 9 nitrogen and oxygen atoms in total. The number of carbonyl (C=O) groups is 2. The molecule has 5 N–H and O–H groups in total. The van der Waals surface area contributed by atoms with Gasteiger partial charge >= 0.3 is 5.97 Å². The molecule has 0 amide bonds. The summed E-state index contributed by atoms with van der Waals surface area (Å²) in [5, 5.41) is 16.0. The molecule has 2 aliphatic carbocycles. The van der Waals surface area contributed by atoms with Crippen LogP contribution in [0.2, 0.25) is 0 Å². The number of nitrogens with zero attached hydrogens (tertiary/aromatic N) is 2. The molecule has 2 atom stereocenters. The third kappa shape index (κ3) is 3.93. The fraction of sp³-hybridized carbons (Fsp3) is 0.429. The van der Waals surface area contributed by atoms with Crippen LogP contribution in [-0.4, -0.2) is 51.1 Å². The Kier molecular flexibility index (Phi) is 5.54. The van der Waals surface area contributed by atoms with Gasteiger partial charge in [-0.15, -0.1) is 0 Å². The number of aliphatic carboxylic acids is 1. The Bertz CT molecular complexity index is 932. The Hall–Kier alpha value is -3.20. The monoisotopic (exact) mass is 411 g/mol. The number of aromatic nitrogens is 2. The first-order valence-corrected chi connectivity index (χ1v) is 10.1. The number of hydrogen-bond acceptors (Lipinski definition) is 8. The summed E-state index contributed by atoms with van der Waals surface area (Å²) >= 11 is 0. The van der Waals surface area contributed by atoms with Gasteiger partial charge in [-0.1, -0.05) is 6.08 Å². The van der Waals surface area contributed by atoms with E-state index >= 15 is 0 Å². The number of anilines is 1. The van der Waals surface area contributed by atoms with E-state index in [2.05, 4.69) is 20.6 Å². The molecule has 0 aromatic carbocycles. The second-order valence-electron chi connectivity index (χ2n) is 7.76. The van der Waals surface area contributed by atoms with E-state index in [9.17, 15) is 14.7 Å². The van der Waals surface area contributed by atoms with E-state index in [1.165, 1.54) is 6.08 Å². The van der Waals surface area contributed by atoms with Gasteiger partial charge in [0.05, 0.1) is 17.8 Å². The van der Waals surface area contributed by atoms with Gasteiger partial charge in [0.15, 0.2) is 5.78 Å². The summed E-state index contributed by atoms with van der Waals surface area (Å²) in [5.41, 5.74) is 7.27. The zero-order chi connectivity index (χ0) is 21.3. The van der Waals surface area contributed by atoms with Crippen molar-refractivity contribution in [1.82, 2.24) is 15.3 Å². The van der Waals surface area contributed by atoms with Crippen LogP contribution in [0.4, 0.5) is 5.95 Å². The third-order valence-corrected chi connectivity index (χ3v) is 5.77. The lowest BCUT2D eigenvalue weighted by Crippen LogP contribution is -2.47. The van der Waals surface area contributed by atoms with Crippen molar-refractivity contribution in [2.45, 2.75) is 56.9 Å². The van der Waals surface area contributed by atoms with E-state index in [0.29, 0.717) is 17.2 Å². The van der Waals surface area contributed by atoms with Gasteiger partial charge in [-0.25, -0.2) is 14.8 Å². The number of hydrogen-bond donors (Lipinski definition) is 4. The molecular formula is C21H25N5O4. The Morgan fingerprint density at radius 3 is 2.63 bits per heavy atom. The smallest absolute Gasteiger partial charge is 0.339 e. The van der Waals surface area contributed by atoms with Crippen molar-refractivity contribution in [3.8, 4) is 0 Å². The molecule has 3 aliphatic rings. The van der Waals surface area contributed by atoms with Gasteiger partial charge in [0.2, 0.25) is 5.95 Å². The van der Waals surface area contributed by atoms with Crippen molar-refractivity contribution in [2.75, 3.05) is 5.32 Å². The molecule has 1 fully saturated rings. The van der Waals surface area contributed by atoms with Crippen LogP contribution in [0.15, 0.2) is 53.2 Å². The summed E-state index contributed by atoms with van der Waals surface area (Å²) < 4.78 is 6.19. The standard InChI is InChI=1S/C21H25N5O4/c1-11-16(20(28)29)18(22)17-14(25-11)7-8-15(27)19(17)30-13-5-3-12(4-6-13)26-21-23-9-2-10-24-21/h2,7-10,12-14,19,25H,3-6,22H2,1H3,(H,28,29)(H,23,24,26). The molecule has 0 radical (unpaired) electrons. The number of ketones is 1. The van der Waals surface area contributed by atoms with Crippen LogP contribution in [0.5, 0.6) is 0 Å². The van der Waals surface area contributed by atoms with Gasteiger partial charge in [-0.05, 0) is 44.7 Å². The first-order valence-electron chi connectivity index (χ1n) is 10.1. The van der Waals surface area contributed by atoms with Crippen LogP contribution in [0, 0.1) is 0 Å². The van der Waals surface area contributed by atoms with E-state index in [1.54, 1.807) is 31.5 Å². The van der Waals surface area contributed by atoms with Crippen LogP contribution >= 0.6 is 0 Å². The highest BCUT2D eigenvalue weighted by Crippen LogP contribution is 2.33. The summed E-state index contributed by atoms with van der Waals surface area (Å²) in [6, 6.07) is 1.67. The Labute approximate surface area is 174 Å². The van der Waals surface area contributed by atoms with Crippen molar-refractivity contribution in [3.05, 3.63) is 53.2 Å². The van der Waals surface area contributed by atoms with E-state index in [0.717, 1.165) is 25.7 Å². The minimum atomic E-state index is -1.13. The first kappa shape index (κ1) is 20.1. The van der Waals surface area contributed by atoms with Crippen molar-refractivity contribution < 1.29 is 19.4 Å². The molecule has 9 heteroatoms. The SMILES string of the molecule is CC1=C(C(=O)O)C(N)=C2C(C=CC(=O)C2OC2CCC(Nc3ncccn3)CC2)N1. The average molecular weight is 411 g/mol. The second kappa shape index (κ2) is 8.27. The van der Waals surface area contributed by atoms with E-state index in [-0.39, 0.29) is 35.2 Å². The third-order valence-electron chi connectivity index (χ3n) is 5.77. The normalized spacial score (nSPS) is 28.8. The van der Waals surface area contributed by atoms with Gasteiger partial charge in [-0.2, -0.15) is 0 Å². The zero-order valence-electron chi connectivity index (χ0n) is 16.7. The van der Waals surface area contributed by atoms with E-state index in [4.69, 9.17) is 10.5 Å². The lowest BCUT2D eigenvalue weighted by molar-refractivity contribution is -0.133. The summed E-state index contributed by atoms with van der Waals surface area (Å²) in [6.07, 6.45) is 8.84. The Balaban J connectivity index is 1.46. The van der Waals surface area contributed by atoms with Crippen molar-refractivity contribution in [3.63, 3.8) is 0 Å². The number of ether oxygens (including phenoxy) is 1. The number of carbonyl (C=O) groups excluding carboxylic acids is 1. The second-order valence-corrected chi connectivity index (χ2v) is 7.76. The van der Waals surface area contributed by atoms with E-state index < -0.39 is 12.1 Å². The van der Waals surface area contributed by atoms with Gasteiger partial charge in [0, 0.05) is 29.7 Å². The molecule has 1 saturated carbocycles. The van der Waals surface area contributed by atoms with Crippen LogP contribution < -0.4 is 16.4 Å². The topological polar surface area (TPSA) is 139 Å². The van der Waals surface area contributed by atoms with Gasteiger partial charge < -0.3 is 26.2 Å². The Morgan fingerprint density at radius 2 is 1.97 bits per heavy atom. The summed E-state index contributed by atoms with van der Waals surface area (Å²) in [5.74, 6) is -0.737. The fourth-order valence-corrected chi connectivity index (χ4v) is 4.29. The maximum absolute atomic E-state index is 12.6. The number of carboxylic acids is 1. The highest BCUT2D eigenvalue weighted by molar-refractivity contribution is 6.00. The number of dihydropyridines is 1. The zero-order valence-corrected chi connectivity index (χ0v) is 16.7. The predicted molar refractivity (Wildman–Crippen MR) is 109 cm³/mol. The molecule has 30 heavy (non-hydrogen) atoms. The van der Waals surface area contributed by atoms with Crippen LogP contribution in [0.25, 0.3) is 0 Å². The van der Waals surface area contributed by atoms with Gasteiger partial charge in [0.25, 0.3) is 0 Å². The largest absolute Gasteiger partial charge is 0.478 e. The predicted octanol–water partition coefficient (Wildman–Crippen LogP) is 1.27. The van der Waals surface area contributed by atoms with Gasteiger partial charge in [0.1, 0.15) is 11.7 Å².